The fourth-order valence-corrected chi connectivity index (χ4v) is 5.46. The molecule has 0 fully saturated rings. The standard InChI is InChI=1S/C29H25N7OS/c1-17-3-5-19(6-4-17)18(2)36-16-35-24-11-12-31-28(26(24)29(36)37)32-14-21-8-10-25(38-21)20-7-9-23-22(13-20)27(30)34-15-33-23/h3-13,15-16,18H,14H2,1-2H3,(H,31,32)(H2,30,33,34)/t18-/m0/s1. The van der Waals surface area contributed by atoms with Crippen LogP contribution in [0.2, 0.25) is 0 Å². The zero-order valence-electron chi connectivity index (χ0n) is 20.9. The number of nitrogens with zero attached hydrogens (tertiary/aromatic N) is 5. The number of aryl methyl sites for hydroxylation is 1. The van der Waals surface area contributed by atoms with Crippen molar-refractivity contribution >= 4 is 44.8 Å². The lowest BCUT2D eigenvalue weighted by atomic mass is 10.1. The van der Waals surface area contributed by atoms with Gasteiger partial charge in [-0.25, -0.2) is 19.9 Å². The summed E-state index contributed by atoms with van der Waals surface area (Å²) in [6.45, 7) is 4.57. The van der Waals surface area contributed by atoms with Gasteiger partial charge in [0, 0.05) is 21.3 Å². The molecular weight excluding hydrogens is 494 g/mol. The van der Waals surface area contributed by atoms with Crippen LogP contribution in [0.5, 0.6) is 0 Å². The summed E-state index contributed by atoms with van der Waals surface area (Å²) in [6.07, 6.45) is 4.76. The summed E-state index contributed by atoms with van der Waals surface area (Å²) in [6, 6.07) is 20.0. The fraction of sp³-hybridized carbons (Fsp3) is 0.138. The molecule has 0 amide bonds. The molecule has 0 aliphatic heterocycles. The van der Waals surface area contributed by atoms with Gasteiger partial charge in [0.1, 0.15) is 23.3 Å². The molecule has 0 saturated heterocycles. The van der Waals surface area contributed by atoms with Gasteiger partial charge >= 0.3 is 0 Å². The quantitative estimate of drug-likeness (QED) is 0.296. The molecule has 3 N–H and O–H groups in total. The predicted octanol–water partition coefficient (Wildman–Crippen LogP) is 5.58. The van der Waals surface area contributed by atoms with Gasteiger partial charge in [-0.1, -0.05) is 35.9 Å². The Kier molecular flexibility index (Phi) is 6.05. The number of nitrogen functional groups attached to an aromatic ring is 1. The summed E-state index contributed by atoms with van der Waals surface area (Å²) in [7, 11) is 0. The van der Waals surface area contributed by atoms with Crippen LogP contribution in [0.4, 0.5) is 11.6 Å². The Morgan fingerprint density at radius 2 is 1.82 bits per heavy atom. The minimum atomic E-state index is -0.158. The zero-order valence-corrected chi connectivity index (χ0v) is 21.7. The number of hydrogen-bond acceptors (Lipinski definition) is 8. The Labute approximate surface area is 222 Å². The van der Waals surface area contributed by atoms with Gasteiger partial charge in [-0.3, -0.25) is 9.36 Å². The highest BCUT2D eigenvalue weighted by atomic mass is 32.1. The van der Waals surface area contributed by atoms with E-state index >= 15 is 0 Å². The van der Waals surface area contributed by atoms with Crippen molar-refractivity contribution < 1.29 is 0 Å². The van der Waals surface area contributed by atoms with E-state index in [0.29, 0.717) is 29.1 Å². The van der Waals surface area contributed by atoms with Gasteiger partial charge in [0.05, 0.1) is 29.9 Å². The van der Waals surface area contributed by atoms with Gasteiger partial charge in [-0.15, -0.1) is 11.3 Å². The molecule has 0 aliphatic rings. The highest BCUT2D eigenvalue weighted by Gasteiger charge is 2.16. The van der Waals surface area contributed by atoms with E-state index < -0.39 is 0 Å². The smallest absolute Gasteiger partial charge is 0.265 e. The third kappa shape index (κ3) is 4.37. The summed E-state index contributed by atoms with van der Waals surface area (Å²) < 4.78 is 1.66. The van der Waals surface area contributed by atoms with Gasteiger partial charge < -0.3 is 11.1 Å². The molecule has 9 heteroatoms. The lowest BCUT2D eigenvalue weighted by Crippen LogP contribution is -2.25. The number of nitrogens with one attached hydrogen (secondary N) is 1. The van der Waals surface area contributed by atoms with E-state index in [9.17, 15) is 4.79 Å². The Bertz CT molecular complexity index is 1840. The van der Waals surface area contributed by atoms with E-state index in [-0.39, 0.29) is 11.6 Å². The fourth-order valence-electron chi connectivity index (χ4n) is 4.52. The molecule has 2 aromatic carbocycles. The lowest BCUT2D eigenvalue weighted by Gasteiger charge is -2.17. The maximum absolute atomic E-state index is 13.6. The van der Waals surface area contributed by atoms with Gasteiger partial charge in [-0.05, 0) is 55.3 Å². The molecule has 1 atom stereocenters. The first kappa shape index (κ1) is 23.7. The number of nitrogens with two attached hydrogens (primary N) is 1. The van der Waals surface area contributed by atoms with Crippen molar-refractivity contribution in [3.05, 3.63) is 106 Å². The molecule has 6 aromatic rings. The number of rotatable bonds is 6. The Balaban J connectivity index is 1.28. The molecule has 0 unspecified atom stereocenters. The van der Waals surface area contributed by atoms with E-state index in [1.807, 2.05) is 44.2 Å². The van der Waals surface area contributed by atoms with Crippen molar-refractivity contribution in [3.8, 4) is 10.4 Å². The summed E-state index contributed by atoms with van der Waals surface area (Å²) in [5, 5.41) is 4.68. The second kappa shape index (κ2) is 9.68. The third-order valence-corrected chi connectivity index (χ3v) is 7.85. The van der Waals surface area contributed by atoms with Crippen LogP contribution in [-0.2, 0) is 6.54 Å². The SMILES string of the molecule is Cc1ccc([C@H](C)n2cnc3ccnc(NCc4ccc(-c5ccc6ncnc(N)c6c5)s4)c3c2=O)cc1. The Hall–Kier alpha value is -4.63. The zero-order chi connectivity index (χ0) is 26.2. The number of fused-ring (bicyclic) bond motifs is 2. The average Bonchev–Trinajstić information content (AvgIpc) is 3.41. The highest BCUT2D eigenvalue weighted by Crippen LogP contribution is 2.32. The average molecular weight is 520 g/mol. The molecule has 0 spiro atoms. The first-order valence-electron chi connectivity index (χ1n) is 12.2. The molecular formula is C29H25N7OS. The minimum absolute atomic E-state index is 0.124. The number of aromatic nitrogens is 5. The first-order valence-corrected chi connectivity index (χ1v) is 13.0. The van der Waals surface area contributed by atoms with Crippen molar-refractivity contribution in [1.29, 1.82) is 0 Å². The van der Waals surface area contributed by atoms with E-state index in [1.165, 1.54) is 11.9 Å². The summed E-state index contributed by atoms with van der Waals surface area (Å²) in [4.78, 5) is 33.2. The molecule has 0 saturated carbocycles. The monoisotopic (exact) mass is 519 g/mol. The van der Waals surface area contributed by atoms with Gasteiger partial charge in [-0.2, -0.15) is 0 Å². The van der Waals surface area contributed by atoms with Crippen molar-refractivity contribution in [2.75, 3.05) is 11.1 Å². The maximum Gasteiger partial charge on any atom is 0.265 e. The molecule has 0 aliphatic carbocycles. The predicted molar refractivity (Wildman–Crippen MR) is 153 cm³/mol. The van der Waals surface area contributed by atoms with Crippen LogP contribution in [0.15, 0.2) is 84.3 Å². The second-order valence-corrected chi connectivity index (χ2v) is 10.4. The van der Waals surface area contributed by atoms with Crippen LogP contribution in [0, 0.1) is 6.92 Å². The molecule has 188 valence electrons. The topological polar surface area (TPSA) is 112 Å². The number of thiophene rings is 1. The van der Waals surface area contributed by atoms with Crippen molar-refractivity contribution in [3.63, 3.8) is 0 Å². The minimum Gasteiger partial charge on any atom is -0.383 e. The summed E-state index contributed by atoms with van der Waals surface area (Å²) in [5.41, 5.74) is 10.6. The van der Waals surface area contributed by atoms with Crippen LogP contribution in [0.1, 0.15) is 29.0 Å². The van der Waals surface area contributed by atoms with E-state index in [4.69, 9.17) is 5.73 Å². The highest BCUT2D eigenvalue weighted by molar-refractivity contribution is 7.15. The summed E-state index contributed by atoms with van der Waals surface area (Å²) >= 11 is 1.66. The van der Waals surface area contributed by atoms with Gasteiger partial charge in [0.25, 0.3) is 5.56 Å². The van der Waals surface area contributed by atoms with Crippen molar-refractivity contribution in [2.45, 2.75) is 26.4 Å². The molecule has 4 heterocycles. The molecule has 8 nitrogen and oxygen atoms in total. The molecule has 0 bridgehead atoms. The Morgan fingerprint density at radius 1 is 0.974 bits per heavy atom. The van der Waals surface area contributed by atoms with Crippen molar-refractivity contribution in [2.24, 2.45) is 0 Å². The Morgan fingerprint density at radius 3 is 2.66 bits per heavy atom. The number of hydrogen-bond donors (Lipinski definition) is 2. The summed E-state index contributed by atoms with van der Waals surface area (Å²) in [5.74, 6) is 0.990. The van der Waals surface area contributed by atoms with Crippen LogP contribution >= 0.6 is 11.3 Å². The van der Waals surface area contributed by atoms with Gasteiger partial charge in [0.15, 0.2) is 0 Å². The van der Waals surface area contributed by atoms with E-state index in [0.717, 1.165) is 31.8 Å². The molecule has 4 aromatic heterocycles. The van der Waals surface area contributed by atoms with Crippen LogP contribution < -0.4 is 16.6 Å². The molecule has 0 radical (unpaired) electrons. The van der Waals surface area contributed by atoms with Crippen LogP contribution in [0.25, 0.3) is 32.2 Å². The molecule has 6 rings (SSSR count). The van der Waals surface area contributed by atoms with Gasteiger partial charge in [0.2, 0.25) is 0 Å². The van der Waals surface area contributed by atoms with Crippen LogP contribution in [-0.4, -0.2) is 24.5 Å². The first-order chi connectivity index (χ1) is 18.5. The largest absolute Gasteiger partial charge is 0.383 e. The maximum atomic E-state index is 13.6. The van der Waals surface area contributed by atoms with E-state index in [2.05, 4.69) is 49.5 Å². The lowest BCUT2D eigenvalue weighted by molar-refractivity contribution is 0.608. The third-order valence-electron chi connectivity index (χ3n) is 6.72. The van der Waals surface area contributed by atoms with Crippen molar-refractivity contribution in [1.82, 2.24) is 24.5 Å². The number of anilines is 2. The molecule has 38 heavy (non-hydrogen) atoms. The second-order valence-electron chi connectivity index (χ2n) is 9.21. The van der Waals surface area contributed by atoms with E-state index in [1.54, 1.807) is 34.5 Å². The number of benzene rings is 2. The normalized spacial score (nSPS) is 12.2. The van der Waals surface area contributed by atoms with Crippen LogP contribution in [0.3, 0.4) is 0 Å². The number of pyridine rings is 1.